The van der Waals surface area contributed by atoms with Crippen LogP contribution in [0.15, 0.2) is 0 Å². The molecule has 0 heterocycles. The fourth-order valence-corrected chi connectivity index (χ4v) is 0.678. The molecule has 4 nitrogen and oxygen atoms in total. The normalized spacial score (nSPS) is 11.8. The molecule has 84 valence electrons. The van der Waals surface area contributed by atoms with Gasteiger partial charge in [0.2, 0.25) is 0 Å². The first-order valence-electron chi connectivity index (χ1n) is 5.04. The third-order valence-electron chi connectivity index (χ3n) is 1.09. The Labute approximate surface area is 87.0 Å². The minimum atomic E-state index is -0.752. The zero-order chi connectivity index (χ0) is 11.1. The largest absolute Gasteiger partial charge is 0.668 e. The second-order valence-electron chi connectivity index (χ2n) is 3.90. The standard InChI is InChI=1S/C9H21BO4/c1-7(2)11-10(12-8(3)4)14-13-9(5)6/h7-9H,1-6H3. The fourth-order valence-electron chi connectivity index (χ4n) is 0.678. The van der Waals surface area contributed by atoms with E-state index in [4.69, 9.17) is 19.0 Å². The highest BCUT2D eigenvalue weighted by molar-refractivity contribution is 6.36. The van der Waals surface area contributed by atoms with Gasteiger partial charge in [-0.15, -0.1) is 0 Å². The second-order valence-corrected chi connectivity index (χ2v) is 3.90. The Bertz CT molecular complexity index is 129. The summed E-state index contributed by atoms with van der Waals surface area (Å²) < 4.78 is 10.7. The topological polar surface area (TPSA) is 36.9 Å². The van der Waals surface area contributed by atoms with Gasteiger partial charge in [-0.3, -0.25) is 0 Å². The first-order chi connectivity index (χ1) is 6.41. The van der Waals surface area contributed by atoms with E-state index in [0.717, 1.165) is 0 Å². The predicted molar refractivity (Wildman–Crippen MR) is 55.5 cm³/mol. The van der Waals surface area contributed by atoms with Crippen LogP contribution in [0.1, 0.15) is 41.5 Å². The molecule has 0 unspecified atom stereocenters. The lowest BCUT2D eigenvalue weighted by molar-refractivity contribution is -0.268. The van der Waals surface area contributed by atoms with Crippen LogP contribution < -0.4 is 0 Å². The van der Waals surface area contributed by atoms with Gasteiger partial charge in [-0.2, -0.15) is 0 Å². The molecule has 0 atom stereocenters. The highest BCUT2D eigenvalue weighted by Gasteiger charge is 2.26. The molecule has 0 amide bonds. The van der Waals surface area contributed by atoms with E-state index in [0.29, 0.717) is 0 Å². The molecule has 0 aromatic heterocycles. The maximum absolute atomic E-state index is 5.34. The summed E-state index contributed by atoms with van der Waals surface area (Å²) in [4.78, 5) is 9.94. The average Bonchev–Trinajstić information content (AvgIpc) is 1.97. The monoisotopic (exact) mass is 204 g/mol. The molecule has 0 N–H and O–H groups in total. The van der Waals surface area contributed by atoms with Crippen LogP contribution >= 0.6 is 0 Å². The van der Waals surface area contributed by atoms with Crippen molar-refractivity contribution in [1.29, 1.82) is 0 Å². The van der Waals surface area contributed by atoms with Crippen LogP contribution in [0.5, 0.6) is 0 Å². The van der Waals surface area contributed by atoms with Gasteiger partial charge in [0.05, 0.1) is 6.10 Å². The summed E-state index contributed by atoms with van der Waals surface area (Å²) in [6, 6.07) is 0. The van der Waals surface area contributed by atoms with Crippen molar-refractivity contribution in [3.63, 3.8) is 0 Å². The van der Waals surface area contributed by atoms with Gasteiger partial charge < -0.3 is 9.31 Å². The number of hydrogen-bond donors (Lipinski definition) is 0. The Morgan fingerprint density at radius 3 is 1.43 bits per heavy atom. The van der Waals surface area contributed by atoms with Gasteiger partial charge in [0.25, 0.3) is 0 Å². The molecule has 0 aliphatic carbocycles. The average molecular weight is 204 g/mol. The molecule has 0 rings (SSSR count). The molecule has 0 saturated carbocycles. The van der Waals surface area contributed by atoms with E-state index < -0.39 is 7.32 Å². The molecule has 0 aliphatic heterocycles. The van der Waals surface area contributed by atoms with Gasteiger partial charge in [0.1, 0.15) is 0 Å². The summed E-state index contributed by atoms with van der Waals surface area (Å²) in [7, 11) is -0.752. The second kappa shape index (κ2) is 7.23. The van der Waals surface area contributed by atoms with Gasteiger partial charge in [0, 0.05) is 12.2 Å². The third kappa shape index (κ3) is 8.50. The summed E-state index contributed by atoms with van der Waals surface area (Å²) in [6.07, 6.45) is 0.0630. The van der Waals surface area contributed by atoms with E-state index in [1.165, 1.54) is 0 Å². The summed E-state index contributed by atoms with van der Waals surface area (Å²) in [5.74, 6) is 0. The van der Waals surface area contributed by atoms with Crippen molar-refractivity contribution in [2.75, 3.05) is 0 Å². The molecule has 0 bridgehead atoms. The van der Waals surface area contributed by atoms with Crippen molar-refractivity contribution in [2.45, 2.75) is 59.9 Å². The summed E-state index contributed by atoms with van der Waals surface area (Å²) in [6.45, 7) is 11.4. The molecule has 5 heteroatoms. The Balaban J connectivity index is 3.84. The zero-order valence-electron chi connectivity index (χ0n) is 9.94. The van der Waals surface area contributed by atoms with E-state index in [-0.39, 0.29) is 18.3 Å². The lowest BCUT2D eigenvalue weighted by Crippen LogP contribution is -2.33. The zero-order valence-corrected chi connectivity index (χ0v) is 9.94. The van der Waals surface area contributed by atoms with Crippen LogP contribution in [0.3, 0.4) is 0 Å². The van der Waals surface area contributed by atoms with Crippen LogP contribution in [-0.4, -0.2) is 25.6 Å². The molecule has 14 heavy (non-hydrogen) atoms. The quantitative estimate of drug-likeness (QED) is 0.361. The van der Waals surface area contributed by atoms with E-state index in [1.54, 1.807) is 0 Å². The number of hydrogen-bond acceptors (Lipinski definition) is 4. The summed E-state index contributed by atoms with van der Waals surface area (Å²) >= 11 is 0. The van der Waals surface area contributed by atoms with Crippen molar-refractivity contribution < 1.29 is 19.0 Å². The molecular formula is C9H21BO4. The first-order valence-corrected chi connectivity index (χ1v) is 5.04. The minimum Gasteiger partial charge on any atom is -0.382 e. The smallest absolute Gasteiger partial charge is 0.382 e. The van der Waals surface area contributed by atoms with Crippen molar-refractivity contribution in [3.05, 3.63) is 0 Å². The van der Waals surface area contributed by atoms with Crippen LogP contribution in [0.2, 0.25) is 0 Å². The van der Waals surface area contributed by atoms with Crippen molar-refractivity contribution in [3.8, 4) is 0 Å². The summed E-state index contributed by atoms with van der Waals surface area (Å²) in [5.41, 5.74) is 0. The maximum atomic E-state index is 5.34. The van der Waals surface area contributed by atoms with Gasteiger partial charge in [-0.25, -0.2) is 9.69 Å². The van der Waals surface area contributed by atoms with Gasteiger partial charge in [-0.05, 0) is 41.5 Å². The van der Waals surface area contributed by atoms with Crippen molar-refractivity contribution in [1.82, 2.24) is 0 Å². The predicted octanol–water partition coefficient (Wildman–Crippen LogP) is 2.18. The summed E-state index contributed by atoms with van der Waals surface area (Å²) in [5, 5.41) is 0. The van der Waals surface area contributed by atoms with Crippen molar-refractivity contribution >= 4 is 7.32 Å². The molecule has 0 radical (unpaired) electrons. The third-order valence-corrected chi connectivity index (χ3v) is 1.09. The molecule has 0 fully saturated rings. The van der Waals surface area contributed by atoms with E-state index >= 15 is 0 Å². The highest BCUT2D eigenvalue weighted by atomic mass is 17.2. The lowest BCUT2D eigenvalue weighted by Gasteiger charge is -2.18. The Morgan fingerprint density at radius 1 is 0.714 bits per heavy atom. The van der Waals surface area contributed by atoms with E-state index in [2.05, 4.69) is 0 Å². The Hall–Kier alpha value is -0.0951. The van der Waals surface area contributed by atoms with Gasteiger partial charge in [0.15, 0.2) is 0 Å². The van der Waals surface area contributed by atoms with Crippen LogP contribution in [0, 0.1) is 0 Å². The van der Waals surface area contributed by atoms with E-state index in [1.807, 2.05) is 41.5 Å². The Morgan fingerprint density at radius 2 is 1.14 bits per heavy atom. The van der Waals surface area contributed by atoms with Crippen LogP contribution in [0.25, 0.3) is 0 Å². The van der Waals surface area contributed by atoms with Gasteiger partial charge >= 0.3 is 7.32 Å². The molecule has 0 aliphatic rings. The van der Waals surface area contributed by atoms with Crippen LogP contribution in [0.4, 0.5) is 0 Å². The lowest BCUT2D eigenvalue weighted by atomic mass is 10.2. The van der Waals surface area contributed by atoms with Gasteiger partial charge in [-0.1, -0.05) is 0 Å². The molecule has 0 saturated heterocycles. The Kier molecular flexibility index (Phi) is 7.18. The molecule has 0 spiro atoms. The van der Waals surface area contributed by atoms with E-state index in [9.17, 15) is 0 Å². The fraction of sp³-hybridized carbons (Fsp3) is 1.00. The van der Waals surface area contributed by atoms with Crippen molar-refractivity contribution in [2.24, 2.45) is 0 Å². The number of rotatable bonds is 7. The molecule has 0 aromatic rings. The minimum absolute atomic E-state index is 0.0102. The van der Waals surface area contributed by atoms with Crippen LogP contribution in [-0.2, 0) is 19.0 Å². The molecular weight excluding hydrogens is 183 g/mol. The molecule has 0 aromatic carbocycles. The highest BCUT2D eigenvalue weighted by Crippen LogP contribution is 2.03. The SMILES string of the molecule is CC(C)OOB(OC(C)C)OC(C)C. The first kappa shape index (κ1) is 13.9. The maximum Gasteiger partial charge on any atom is 0.668 e.